The van der Waals surface area contributed by atoms with Gasteiger partial charge in [-0.3, -0.25) is 4.79 Å². The third kappa shape index (κ3) is 4.21. The zero-order chi connectivity index (χ0) is 16.9. The van der Waals surface area contributed by atoms with Crippen molar-refractivity contribution in [3.8, 4) is 0 Å². The second kappa shape index (κ2) is 8.49. The van der Waals surface area contributed by atoms with Crippen molar-refractivity contribution in [3.05, 3.63) is 26.6 Å². The van der Waals surface area contributed by atoms with Crippen molar-refractivity contribution in [2.45, 2.75) is 49.7 Å². The molecule has 0 unspecified atom stereocenters. The summed E-state index contributed by atoms with van der Waals surface area (Å²) in [4.78, 5) is 12.8. The molecule has 1 fully saturated rings. The molecule has 0 radical (unpaired) electrons. The number of rotatable bonds is 7. The van der Waals surface area contributed by atoms with Crippen LogP contribution >= 0.6 is 39.0 Å². The van der Waals surface area contributed by atoms with Crippen LogP contribution in [0.1, 0.15) is 53.6 Å². The molecule has 3 rings (SSSR count). The molecule has 1 amide bonds. The van der Waals surface area contributed by atoms with Gasteiger partial charge in [0, 0.05) is 19.0 Å². The van der Waals surface area contributed by atoms with Gasteiger partial charge in [0.25, 0.3) is 5.91 Å². The minimum absolute atomic E-state index is 0.00670. The summed E-state index contributed by atoms with van der Waals surface area (Å²) in [7, 11) is 0. The van der Waals surface area contributed by atoms with Crippen molar-refractivity contribution in [1.82, 2.24) is 20.1 Å². The number of amides is 1. The first-order valence-corrected chi connectivity index (χ1v) is 11.0. The molecule has 1 aliphatic rings. The number of thiophene rings is 1. The van der Waals surface area contributed by atoms with E-state index in [1.54, 1.807) is 11.8 Å². The zero-order valence-electron chi connectivity index (χ0n) is 13.6. The van der Waals surface area contributed by atoms with Crippen molar-refractivity contribution in [1.29, 1.82) is 0 Å². The Hall–Kier alpha value is -0.860. The van der Waals surface area contributed by atoms with Gasteiger partial charge in [0.2, 0.25) is 0 Å². The molecule has 1 saturated carbocycles. The molecule has 1 aliphatic carbocycles. The Bertz CT molecular complexity index is 694. The van der Waals surface area contributed by atoms with Crippen LogP contribution in [0.25, 0.3) is 0 Å². The van der Waals surface area contributed by atoms with Crippen molar-refractivity contribution in [3.63, 3.8) is 0 Å². The van der Waals surface area contributed by atoms with Crippen LogP contribution in [0.15, 0.2) is 21.1 Å². The summed E-state index contributed by atoms with van der Waals surface area (Å²) in [6, 6.07) is 4.29. The van der Waals surface area contributed by atoms with Gasteiger partial charge in [0.15, 0.2) is 5.16 Å². The van der Waals surface area contributed by atoms with E-state index in [1.165, 1.54) is 37.0 Å². The lowest BCUT2D eigenvalue weighted by Crippen LogP contribution is -2.24. The van der Waals surface area contributed by atoms with Crippen LogP contribution in [-0.2, 0) is 6.42 Å². The predicted molar refractivity (Wildman–Crippen MR) is 102 cm³/mol. The third-order valence-corrected chi connectivity index (χ3v) is 6.53. The Morgan fingerprint density at radius 2 is 2.21 bits per heavy atom. The molecule has 24 heavy (non-hydrogen) atoms. The number of carbonyl (C=O) groups is 1. The molecule has 0 aromatic carbocycles. The normalized spacial score (nSPS) is 15.1. The summed E-state index contributed by atoms with van der Waals surface area (Å²) >= 11 is 6.50. The lowest BCUT2D eigenvalue weighted by atomic mass is 10.2. The fourth-order valence-electron chi connectivity index (χ4n) is 3.12. The van der Waals surface area contributed by atoms with Crippen molar-refractivity contribution >= 4 is 44.9 Å². The third-order valence-electron chi connectivity index (χ3n) is 4.27. The number of carbonyl (C=O) groups excluding carboxylic acids is 1. The first-order chi connectivity index (χ1) is 11.7. The van der Waals surface area contributed by atoms with Crippen LogP contribution in [0.3, 0.4) is 0 Å². The maximum atomic E-state index is 12.0. The quantitative estimate of drug-likeness (QED) is 0.527. The molecule has 2 aromatic heterocycles. The maximum Gasteiger partial charge on any atom is 0.261 e. The van der Waals surface area contributed by atoms with Crippen molar-refractivity contribution in [2.75, 3.05) is 12.8 Å². The predicted octanol–water partition coefficient (Wildman–Crippen LogP) is 4.30. The molecule has 0 saturated heterocycles. The molecule has 2 aromatic rings. The number of aromatic nitrogens is 3. The summed E-state index contributed by atoms with van der Waals surface area (Å²) in [6.07, 6.45) is 8.81. The number of nitrogens with zero attached hydrogens (tertiary/aromatic N) is 3. The summed E-state index contributed by atoms with van der Waals surface area (Å²) in [5.41, 5.74) is 0. The highest BCUT2D eigenvalue weighted by Gasteiger charge is 2.23. The summed E-state index contributed by atoms with van der Waals surface area (Å²) in [5.74, 6) is 1.05. The second-order valence-corrected chi connectivity index (χ2v) is 9.11. The molecular weight excluding hydrogens is 408 g/mol. The van der Waals surface area contributed by atoms with E-state index in [4.69, 9.17) is 0 Å². The number of aryl methyl sites for hydroxylation is 1. The average Bonchev–Trinajstić information content (AvgIpc) is 3.30. The van der Waals surface area contributed by atoms with Crippen LogP contribution in [0.4, 0.5) is 0 Å². The summed E-state index contributed by atoms with van der Waals surface area (Å²) in [6.45, 7) is 0.653. The van der Waals surface area contributed by atoms with E-state index < -0.39 is 0 Å². The van der Waals surface area contributed by atoms with Crippen LogP contribution in [0, 0.1) is 0 Å². The highest BCUT2D eigenvalue weighted by atomic mass is 79.9. The van der Waals surface area contributed by atoms with E-state index in [1.807, 2.05) is 12.1 Å². The Labute approximate surface area is 158 Å². The van der Waals surface area contributed by atoms with Gasteiger partial charge in [-0.25, -0.2) is 0 Å². The molecular formula is C16H21BrN4OS2. The lowest BCUT2D eigenvalue weighted by molar-refractivity contribution is 0.0957. The van der Waals surface area contributed by atoms with Gasteiger partial charge in [-0.1, -0.05) is 24.6 Å². The number of nitrogens with one attached hydrogen (secondary N) is 1. The van der Waals surface area contributed by atoms with Crippen LogP contribution < -0.4 is 5.32 Å². The van der Waals surface area contributed by atoms with E-state index >= 15 is 0 Å². The number of hydrogen-bond acceptors (Lipinski definition) is 5. The van der Waals surface area contributed by atoms with Gasteiger partial charge >= 0.3 is 0 Å². The average molecular weight is 429 g/mol. The summed E-state index contributed by atoms with van der Waals surface area (Å²) < 4.78 is 3.30. The largest absolute Gasteiger partial charge is 0.351 e. The van der Waals surface area contributed by atoms with E-state index in [9.17, 15) is 4.79 Å². The molecule has 5 nitrogen and oxygen atoms in total. The fraction of sp³-hybridized carbons (Fsp3) is 0.562. The second-order valence-electron chi connectivity index (χ2n) is 5.87. The molecule has 0 bridgehead atoms. The summed E-state index contributed by atoms with van der Waals surface area (Å²) in [5, 5.41) is 12.7. The standard InChI is InChI=1S/C16H21BrN4OS2/c1-23-16-20-19-14(21(16)11-5-2-3-6-11)7-4-10-18-15(22)12-8-9-13(17)24-12/h8-9,11H,2-7,10H2,1H3,(H,18,22). The minimum Gasteiger partial charge on any atom is -0.351 e. The molecule has 0 aliphatic heterocycles. The lowest BCUT2D eigenvalue weighted by Gasteiger charge is -2.16. The molecule has 1 N–H and O–H groups in total. The Balaban J connectivity index is 1.53. The van der Waals surface area contributed by atoms with E-state index in [-0.39, 0.29) is 5.91 Å². The van der Waals surface area contributed by atoms with Crippen molar-refractivity contribution in [2.24, 2.45) is 0 Å². The van der Waals surface area contributed by atoms with E-state index in [2.05, 4.69) is 42.3 Å². The number of thioether (sulfide) groups is 1. The first-order valence-electron chi connectivity index (χ1n) is 8.20. The zero-order valence-corrected chi connectivity index (χ0v) is 16.8. The van der Waals surface area contributed by atoms with Gasteiger partial charge < -0.3 is 9.88 Å². The maximum absolute atomic E-state index is 12.0. The smallest absolute Gasteiger partial charge is 0.261 e. The molecule has 0 atom stereocenters. The first kappa shape index (κ1) is 17.9. The Morgan fingerprint density at radius 3 is 2.88 bits per heavy atom. The van der Waals surface area contributed by atoms with Gasteiger partial charge in [-0.05, 0) is 53.6 Å². The highest BCUT2D eigenvalue weighted by Crippen LogP contribution is 2.33. The van der Waals surface area contributed by atoms with Crippen molar-refractivity contribution < 1.29 is 4.79 Å². The Morgan fingerprint density at radius 1 is 1.42 bits per heavy atom. The van der Waals surface area contributed by atoms with Crippen LogP contribution in [0.5, 0.6) is 0 Å². The number of halogens is 1. The minimum atomic E-state index is -0.00670. The van der Waals surface area contributed by atoms with Gasteiger partial charge in [0.1, 0.15) is 5.82 Å². The molecule has 8 heteroatoms. The van der Waals surface area contributed by atoms with Crippen LogP contribution in [0.2, 0.25) is 0 Å². The fourth-order valence-corrected chi connectivity index (χ4v) is 4.99. The number of hydrogen-bond donors (Lipinski definition) is 1. The topological polar surface area (TPSA) is 59.8 Å². The highest BCUT2D eigenvalue weighted by molar-refractivity contribution is 9.11. The van der Waals surface area contributed by atoms with Crippen LogP contribution in [-0.4, -0.2) is 33.5 Å². The SMILES string of the molecule is CSc1nnc(CCCNC(=O)c2ccc(Br)s2)n1C1CCCC1. The van der Waals surface area contributed by atoms with Gasteiger partial charge in [0.05, 0.1) is 8.66 Å². The molecule has 0 spiro atoms. The van der Waals surface area contributed by atoms with E-state index in [0.29, 0.717) is 12.6 Å². The molecule has 2 heterocycles. The van der Waals surface area contributed by atoms with Gasteiger partial charge in [-0.15, -0.1) is 21.5 Å². The Kier molecular flexibility index (Phi) is 6.35. The van der Waals surface area contributed by atoms with Gasteiger partial charge in [-0.2, -0.15) is 0 Å². The molecule has 130 valence electrons. The van der Waals surface area contributed by atoms with E-state index in [0.717, 1.165) is 32.5 Å². The monoisotopic (exact) mass is 428 g/mol.